The molecule has 37 heavy (non-hydrogen) atoms. The Morgan fingerprint density at radius 2 is 1.43 bits per heavy atom. The fourth-order valence-electron chi connectivity index (χ4n) is 3.33. The van der Waals surface area contributed by atoms with Crippen molar-refractivity contribution >= 4 is 23.5 Å². The van der Waals surface area contributed by atoms with Crippen LogP contribution in [-0.2, 0) is 16.0 Å². The number of benzene rings is 3. The second-order valence-corrected chi connectivity index (χ2v) is 8.17. The number of rotatable bonds is 9. The smallest absolute Gasteiger partial charge is 0.342 e. The molecule has 0 saturated heterocycles. The predicted molar refractivity (Wildman–Crippen MR) is 134 cm³/mol. The molecule has 0 spiro atoms. The SMILES string of the molecule is CC(OC(=O)c1cccc(O)c1O)C(N)C(=O)Nc1ccc(CCNC(=O)c2cccc(O)c2O)cc1. The molecular formula is C26H27N3O8. The molecule has 0 heterocycles. The number of amides is 2. The second kappa shape index (κ2) is 11.8. The van der Waals surface area contributed by atoms with Gasteiger partial charge in [-0.2, -0.15) is 0 Å². The molecule has 3 aromatic carbocycles. The van der Waals surface area contributed by atoms with E-state index in [0.29, 0.717) is 12.1 Å². The van der Waals surface area contributed by atoms with Gasteiger partial charge in [0.05, 0.1) is 5.56 Å². The average molecular weight is 510 g/mol. The van der Waals surface area contributed by atoms with Gasteiger partial charge < -0.3 is 41.5 Å². The van der Waals surface area contributed by atoms with Crippen molar-refractivity contribution in [1.82, 2.24) is 5.32 Å². The summed E-state index contributed by atoms with van der Waals surface area (Å²) in [6.07, 6.45) is -0.573. The largest absolute Gasteiger partial charge is 0.504 e. The number of nitrogens with one attached hydrogen (secondary N) is 2. The van der Waals surface area contributed by atoms with Crippen molar-refractivity contribution in [2.45, 2.75) is 25.5 Å². The van der Waals surface area contributed by atoms with E-state index in [0.717, 1.165) is 5.56 Å². The van der Waals surface area contributed by atoms with Gasteiger partial charge in [0, 0.05) is 12.2 Å². The van der Waals surface area contributed by atoms with Gasteiger partial charge in [0.15, 0.2) is 23.0 Å². The summed E-state index contributed by atoms with van der Waals surface area (Å²) in [5.74, 6) is -4.06. The summed E-state index contributed by atoms with van der Waals surface area (Å²) in [5, 5.41) is 43.9. The Morgan fingerprint density at radius 1 is 0.865 bits per heavy atom. The normalized spacial score (nSPS) is 12.3. The number of nitrogens with two attached hydrogens (primary N) is 1. The van der Waals surface area contributed by atoms with E-state index >= 15 is 0 Å². The fraction of sp³-hybridized carbons (Fsp3) is 0.192. The van der Waals surface area contributed by atoms with Crippen LogP contribution in [0.3, 0.4) is 0 Å². The van der Waals surface area contributed by atoms with E-state index in [1.54, 1.807) is 24.3 Å². The Morgan fingerprint density at radius 3 is 2.05 bits per heavy atom. The van der Waals surface area contributed by atoms with Crippen LogP contribution in [0.5, 0.6) is 23.0 Å². The average Bonchev–Trinajstić information content (AvgIpc) is 2.87. The molecule has 2 atom stereocenters. The van der Waals surface area contributed by atoms with Crippen LogP contribution in [0.1, 0.15) is 33.2 Å². The summed E-state index contributed by atoms with van der Waals surface area (Å²) in [6.45, 7) is 1.69. The maximum Gasteiger partial charge on any atom is 0.342 e. The minimum Gasteiger partial charge on any atom is -0.504 e. The van der Waals surface area contributed by atoms with E-state index in [-0.39, 0.29) is 23.4 Å². The molecule has 194 valence electrons. The lowest BCUT2D eigenvalue weighted by Gasteiger charge is -2.20. The minimum atomic E-state index is -1.22. The van der Waals surface area contributed by atoms with Gasteiger partial charge in [-0.1, -0.05) is 24.3 Å². The van der Waals surface area contributed by atoms with Crippen molar-refractivity contribution in [2.24, 2.45) is 5.73 Å². The molecule has 2 unspecified atom stereocenters. The molecule has 0 radical (unpaired) electrons. The molecule has 0 saturated carbocycles. The Kier molecular flexibility index (Phi) is 8.54. The summed E-state index contributed by atoms with van der Waals surface area (Å²) < 4.78 is 5.16. The number of para-hydroxylation sites is 2. The second-order valence-electron chi connectivity index (χ2n) is 8.17. The molecule has 2 amide bonds. The van der Waals surface area contributed by atoms with Gasteiger partial charge in [-0.05, 0) is 55.3 Å². The van der Waals surface area contributed by atoms with Crippen LogP contribution in [0.25, 0.3) is 0 Å². The van der Waals surface area contributed by atoms with Gasteiger partial charge >= 0.3 is 5.97 Å². The van der Waals surface area contributed by atoms with Crippen molar-refractivity contribution in [3.63, 3.8) is 0 Å². The first-order valence-corrected chi connectivity index (χ1v) is 11.2. The molecule has 0 fully saturated rings. The highest BCUT2D eigenvalue weighted by Gasteiger charge is 2.26. The number of hydrogen-bond donors (Lipinski definition) is 7. The number of esters is 1. The lowest BCUT2D eigenvalue weighted by Crippen LogP contribution is -2.45. The Hall–Kier alpha value is -4.77. The molecular weight excluding hydrogens is 482 g/mol. The van der Waals surface area contributed by atoms with Crippen molar-refractivity contribution in [2.75, 3.05) is 11.9 Å². The third-order valence-electron chi connectivity index (χ3n) is 5.52. The van der Waals surface area contributed by atoms with E-state index in [9.17, 15) is 34.8 Å². The predicted octanol–water partition coefficient (Wildman–Crippen LogP) is 1.99. The molecule has 0 aliphatic rings. The number of ether oxygens (including phenoxy) is 1. The van der Waals surface area contributed by atoms with Crippen molar-refractivity contribution in [3.8, 4) is 23.0 Å². The van der Waals surface area contributed by atoms with Gasteiger partial charge in [-0.3, -0.25) is 9.59 Å². The minimum absolute atomic E-state index is 0.0342. The van der Waals surface area contributed by atoms with Crippen LogP contribution in [0.15, 0.2) is 60.7 Å². The summed E-state index contributed by atoms with van der Waals surface area (Å²) in [4.78, 5) is 37.0. The quantitative estimate of drug-likeness (QED) is 0.167. The Balaban J connectivity index is 1.49. The summed E-state index contributed by atoms with van der Waals surface area (Å²) in [6, 6.07) is 13.5. The summed E-state index contributed by atoms with van der Waals surface area (Å²) in [5.41, 5.74) is 6.93. The highest BCUT2D eigenvalue weighted by Crippen LogP contribution is 2.29. The number of phenols is 4. The molecule has 3 rings (SSSR count). The molecule has 0 aliphatic carbocycles. The van der Waals surface area contributed by atoms with Crippen LogP contribution in [0, 0.1) is 0 Å². The summed E-state index contributed by atoms with van der Waals surface area (Å²) >= 11 is 0. The molecule has 8 N–H and O–H groups in total. The fourth-order valence-corrected chi connectivity index (χ4v) is 3.33. The van der Waals surface area contributed by atoms with E-state index in [2.05, 4.69) is 10.6 Å². The first-order valence-electron chi connectivity index (χ1n) is 11.2. The zero-order chi connectivity index (χ0) is 27.1. The van der Waals surface area contributed by atoms with E-state index in [4.69, 9.17) is 10.5 Å². The number of phenolic OH excluding ortho intramolecular Hbond substituents is 4. The Labute approximate surface area is 212 Å². The van der Waals surface area contributed by atoms with Crippen molar-refractivity contribution in [3.05, 3.63) is 77.4 Å². The maximum absolute atomic E-state index is 12.5. The standard InChI is InChI=1S/C26H27N3O8/c1-14(37-26(36)18-5-3-7-20(31)23(18)33)21(27)25(35)29-16-10-8-15(9-11-16)12-13-28-24(34)17-4-2-6-19(30)22(17)32/h2-11,14,21,30-33H,12-13,27H2,1H3,(H,28,34)(H,29,35). The third-order valence-corrected chi connectivity index (χ3v) is 5.52. The van der Waals surface area contributed by atoms with Crippen molar-refractivity contribution in [1.29, 1.82) is 0 Å². The number of anilines is 1. The molecule has 0 bridgehead atoms. The van der Waals surface area contributed by atoms with Crippen LogP contribution < -0.4 is 16.4 Å². The molecule has 3 aromatic rings. The zero-order valence-corrected chi connectivity index (χ0v) is 19.8. The van der Waals surface area contributed by atoms with E-state index in [1.807, 2.05) is 0 Å². The maximum atomic E-state index is 12.5. The van der Waals surface area contributed by atoms with Crippen molar-refractivity contribution < 1.29 is 39.5 Å². The van der Waals surface area contributed by atoms with Gasteiger partial charge in [-0.25, -0.2) is 4.79 Å². The first-order chi connectivity index (χ1) is 17.6. The van der Waals surface area contributed by atoms with E-state index < -0.39 is 47.2 Å². The van der Waals surface area contributed by atoms with E-state index in [1.165, 1.54) is 43.3 Å². The third kappa shape index (κ3) is 6.67. The van der Waals surface area contributed by atoms with Crippen LogP contribution in [0.2, 0.25) is 0 Å². The Bertz CT molecular complexity index is 1290. The highest BCUT2D eigenvalue weighted by molar-refractivity contribution is 5.98. The monoisotopic (exact) mass is 509 g/mol. The van der Waals surface area contributed by atoms with Gasteiger partial charge in [-0.15, -0.1) is 0 Å². The lowest BCUT2D eigenvalue weighted by molar-refractivity contribution is -0.119. The molecule has 11 heteroatoms. The number of hydrogen-bond acceptors (Lipinski definition) is 9. The zero-order valence-electron chi connectivity index (χ0n) is 19.8. The lowest BCUT2D eigenvalue weighted by atomic mass is 10.1. The highest BCUT2D eigenvalue weighted by atomic mass is 16.5. The molecule has 0 aromatic heterocycles. The van der Waals surface area contributed by atoms with Crippen LogP contribution >= 0.6 is 0 Å². The van der Waals surface area contributed by atoms with Gasteiger partial charge in [0.2, 0.25) is 5.91 Å². The molecule has 0 aliphatic heterocycles. The number of carbonyl (C=O) groups excluding carboxylic acids is 3. The van der Waals surface area contributed by atoms with Crippen LogP contribution in [-0.4, -0.2) is 56.9 Å². The summed E-state index contributed by atoms with van der Waals surface area (Å²) in [7, 11) is 0. The van der Waals surface area contributed by atoms with Crippen LogP contribution in [0.4, 0.5) is 5.69 Å². The van der Waals surface area contributed by atoms with Gasteiger partial charge in [0.1, 0.15) is 17.7 Å². The van der Waals surface area contributed by atoms with Gasteiger partial charge in [0.25, 0.3) is 5.91 Å². The number of aromatic hydroxyl groups is 4. The first kappa shape index (κ1) is 26.8. The molecule has 11 nitrogen and oxygen atoms in total. The topological polar surface area (TPSA) is 191 Å². The number of carbonyl (C=O) groups is 3.